The lowest BCUT2D eigenvalue weighted by molar-refractivity contribution is -0.116. The molecule has 0 bridgehead atoms. The number of aromatic carboxylic acids is 1. The van der Waals surface area contributed by atoms with Gasteiger partial charge in [0.1, 0.15) is 17.2 Å². The maximum absolute atomic E-state index is 11.8. The molecule has 172 valence electrons. The molecule has 0 spiro atoms. The van der Waals surface area contributed by atoms with Crippen LogP contribution in [0.4, 0.5) is 5.69 Å². The normalized spacial score (nSPS) is 10.6. The first kappa shape index (κ1) is 22.8. The Morgan fingerprint density at radius 1 is 0.941 bits per heavy atom. The lowest BCUT2D eigenvalue weighted by Crippen LogP contribution is -2.12. The lowest BCUT2D eigenvalue weighted by atomic mass is 10.1. The molecule has 1 aromatic heterocycles. The SMILES string of the molecule is CCCC(=O)Nc1ccc(Cn2nc(-c3ccc(Oc4ccccc4)cc3)cc2C(=O)O)cc1. The van der Waals surface area contributed by atoms with Gasteiger partial charge in [0.05, 0.1) is 12.2 Å². The van der Waals surface area contributed by atoms with Gasteiger partial charge in [-0.3, -0.25) is 9.48 Å². The third-order valence-electron chi connectivity index (χ3n) is 5.18. The van der Waals surface area contributed by atoms with E-state index in [0.717, 1.165) is 23.3 Å². The van der Waals surface area contributed by atoms with Gasteiger partial charge in [0.15, 0.2) is 0 Å². The van der Waals surface area contributed by atoms with Crippen LogP contribution in [0.25, 0.3) is 11.3 Å². The largest absolute Gasteiger partial charge is 0.477 e. The van der Waals surface area contributed by atoms with Crippen LogP contribution in [0.1, 0.15) is 35.8 Å². The first-order valence-electron chi connectivity index (χ1n) is 11.0. The van der Waals surface area contributed by atoms with Crippen molar-refractivity contribution < 1.29 is 19.4 Å². The molecular formula is C27H25N3O4. The standard InChI is InChI=1S/C27H25N3O4/c1-2-6-26(31)28-21-13-9-19(10-14-21)18-30-25(27(32)33)17-24(29-30)20-11-15-23(16-12-20)34-22-7-4-3-5-8-22/h3-5,7-17H,2,6,18H2,1H3,(H,28,31)(H,32,33). The molecule has 0 aliphatic rings. The summed E-state index contributed by atoms with van der Waals surface area (Å²) < 4.78 is 7.29. The third-order valence-corrected chi connectivity index (χ3v) is 5.18. The van der Waals surface area contributed by atoms with Crippen LogP contribution in [-0.4, -0.2) is 26.8 Å². The van der Waals surface area contributed by atoms with E-state index in [9.17, 15) is 14.7 Å². The van der Waals surface area contributed by atoms with Crippen molar-refractivity contribution >= 4 is 17.6 Å². The number of carbonyl (C=O) groups is 2. The number of ether oxygens (including phenoxy) is 1. The Bertz CT molecular complexity index is 1260. The third kappa shape index (κ3) is 5.69. The summed E-state index contributed by atoms with van der Waals surface area (Å²) >= 11 is 0. The van der Waals surface area contributed by atoms with E-state index in [1.165, 1.54) is 4.68 Å². The summed E-state index contributed by atoms with van der Waals surface area (Å²) in [6.45, 7) is 2.24. The van der Waals surface area contributed by atoms with E-state index in [-0.39, 0.29) is 11.6 Å². The van der Waals surface area contributed by atoms with Gasteiger partial charge in [-0.1, -0.05) is 37.3 Å². The molecule has 4 rings (SSSR count). The van der Waals surface area contributed by atoms with E-state index in [4.69, 9.17) is 4.74 Å². The van der Waals surface area contributed by atoms with Gasteiger partial charge in [0.25, 0.3) is 0 Å². The number of benzene rings is 3. The number of nitrogens with zero attached hydrogens (tertiary/aromatic N) is 2. The minimum absolute atomic E-state index is 0.0275. The second kappa shape index (κ2) is 10.5. The van der Waals surface area contributed by atoms with Crippen LogP contribution in [0.2, 0.25) is 0 Å². The van der Waals surface area contributed by atoms with Crippen LogP contribution >= 0.6 is 0 Å². The van der Waals surface area contributed by atoms with Gasteiger partial charge in [-0.05, 0) is 66.6 Å². The molecule has 0 unspecified atom stereocenters. The molecule has 3 aromatic carbocycles. The summed E-state index contributed by atoms with van der Waals surface area (Å²) in [4.78, 5) is 23.6. The molecule has 4 aromatic rings. The smallest absolute Gasteiger partial charge is 0.354 e. The Hall–Kier alpha value is -4.39. The highest BCUT2D eigenvalue weighted by atomic mass is 16.5. The van der Waals surface area contributed by atoms with Crippen LogP contribution < -0.4 is 10.1 Å². The highest BCUT2D eigenvalue weighted by Gasteiger charge is 2.16. The molecule has 0 radical (unpaired) electrons. The number of hydrogen-bond acceptors (Lipinski definition) is 4. The topological polar surface area (TPSA) is 93.5 Å². The van der Waals surface area contributed by atoms with Gasteiger partial charge in [-0.2, -0.15) is 5.10 Å². The highest BCUT2D eigenvalue weighted by molar-refractivity contribution is 5.90. The molecular weight excluding hydrogens is 430 g/mol. The lowest BCUT2D eigenvalue weighted by Gasteiger charge is -2.08. The Morgan fingerprint density at radius 3 is 2.26 bits per heavy atom. The molecule has 0 aliphatic heterocycles. The molecule has 0 saturated carbocycles. The molecule has 0 atom stereocenters. The summed E-state index contributed by atoms with van der Waals surface area (Å²) in [6.07, 6.45) is 1.26. The van der Waals surface area contributed by atoms with Gasteiger partial charge in [0.2, 0.25) is 5.91 Å². The van der Waals surface area contributed by atoms with Gasteiger partial charge in [0, 0.05) is 17.7 Å². The second-order valence-electron chi connectivity index (χ2n) is 7.81. The van der Waals surface area contributed by atoms with Gasteiger partial charge in [-0.15, -0.1) is 0 Å². The fourth-order valence-electron chi connectivity index (χ4n) is 3.49. The molecule has 1 heterocycles. The van der Waals surface area contributed by atoms with Crippen LogP contribution in [0.15, 0.2) is 84.9 Å². The minimum atomic E-state index is -1.05. The van der Waals surface area contributed by atoms with Crippen molar-refractivity contribution in [3.05, 3.63) is 96.2 Å². The number of para-hydroxylation sites is 1. The van der Waals surface area contributed by atoms with E-state index < -0.39 is 5.97 Å². The summed E-state index contributed by atoms with van der Waals surface area (Å²) in [6, 6.07) is 25.7. The molecule has 0 saturated heterocycles. The number of carboxylic acids is 1. The zero-order valence-corrected chi connectivity index (χ0v) is 18.8. The van der Waals surface area contributed by atoms with Crippen molar-refractivity contribution in [3.63, 3.8) is 0 Å². The zero-order chi connectivity index (χ0) is 23.9. The number of nitrogens with one attached hydrogen (secondary N) is 1. The Morgan fingerprint density at radius 2 is 1.62 bits per heavy atom. The second-order valence-corrected chi connectivity index (χ2v) is 7.81. The van der Waals surface area contributed by atoms with Gasteiger partial charge in [-0.25, -0.2) is 4.79 Å². The van der Waals surface area contributed by atoms with E-state index in [2.05, 4.69) is 10.4 Å². The predicted molar refractivity (Wildman–Crippen MR) is 130 cm³/mol. The van der Waals surface area contributed by atoms with Crippen LogP contribution in [0.5, 0.6) is 11.5 Å². The summed E-state index contributed by atoms with van der Waals surface area (Å²) in [5, 5.41) is 17.1. The maximum atomic E-state index is 11.8. The van der Waals surface area contributed by atoms with Crippen molar-refractivity contribution in [1.82, 2.24) is 9.78 Å². The number of rotatable bonds is 9. The van der Waals surface area contributed by atoms with E-state index in [0.29, 0.717) is 30.1 Å². The van der Waals surface area contributed by atoms with E-state index in [1.807, 2.05) is 73.7 Å². The van der Waals surface area contributed by atoms with Gasteiger partial charge < -0.3 is 15.2 Å². The van der Waals surface area contributed by atoms with E-state index >= 15 is 0 Å². The molecule has 7 heteroatoms. The monoisotopic (exact) mass is 455 g/mol. The van der Waals surface area contributed by atoms with E-state index in [1.54, 1.807) is 18.2 Å². The Balaban J connectivity index is 1.49. The van der Waals surface area contributed by atoms with Crippen LogP contribution in [-0.2, 0) is 11.3 Å². The number of hydrogen-bond donors (Lipinski definition) is 2. The van der Waals surface area contributed by atoms with Crippen molar-refractivity contribution in [2.24, 2.45) is 0 Å². The molecule has 1 amide bonds. The summed E-state index contributed by atoms with van der Waals surface area (Å²) in [5.74, 6) is 0.342. The molecule has 7 nitrogen and oxygen atoms in total. The number of aromatic nitrogens is 2. The maximum Gasteiger partial charge on any atom is 0.354 e. The van der Waals surface area contributed by atoms with Crippen LogP contribution in [0, 0.1) is 0 Å². The quantitative estimate of drug-likeness (QED) is 0.331. The van der Waals surface area contributed by atoms with Crippen LogP contribution in [0.3, 0.4) is 0 Å². The number of carboxylic acid groups (broad SMARTS) is 1. The molecule has 0 fully saturated rings. The Kier molecular flexibility index (Phi) is 7.03. The zero-order valence-electron chi connectivity index (χ0n) is 18.8. The van der Waals surface area contributed by atoms with Crippen molar-refractivity contribution in [2.45, 2.75) is 26.3 Å². The average Bonchev–Trinajstić information content (AvgIpc) is 3.26. The summed E-state index contributed by atoms with van der Waals surface area (Å²) in [7, 11) is 0. The first-order valence-corrected chi connectivity index (χ1v) is 11.0. The average molecular weight is 456 g/mol. The minimum Gasteiger partial charge on any atom is -0.477 e. The predicted octanol–water partition coefficient (Wildman–Crippen LogP) is 5.83. The van der Waals surface area contributed by atoms with Crippen molar-refractivity contribution in [2.75, 3.05) is 5.32 Å². The number of amides is 1. The number of carbonyl (C=O) groups excluding carboxylic acids is 1. The Labute approximate surface area is 197 Å². The summed E-state index contributed by atoms with van der Waals surface area (Å²) in [5.41, 5.74) is 3.03. The molecule has 0 aliphatic carbocycles. The van der Waals surface area contributed by atoms with Crippen molar-refractivity contribution in [1.29, 1.82) is 0 Å². The van der Waals surface area contributed by atoms with Gasteiger partial charge >= 0.3 is 5.97 Å². The number of anilines is 1. The van der Waals surface area contributed by atoms with Crippen molar-refractivity contribution in [3.8, 4) is 22.8 Å². The fraction of sp³-hybridized carbons (Fsp3) is 0.148. The molecule has 34 heavy (non-hydrogen) atoms. The highest BCUT2D eigenvalue weighted by Crippen LogP contribution is 2.26. The first-order chi connectivity index (χ1) is 16.5. The molecule has 2 N–H and O–H groups in total. The fourth-order valence-corrected chi connectivity index (χ4v) is 3.49.